The quantitative estimate of drug-likeness (QED) is 0.714. The molecule has 0 aliphatic rings. The molecule has 1 amide bonds. The average molecular weight is 348 g/mol. The van der Waals surface area contributed by atoms with Crippen molar-refractivity contribution in [2.75, 3.05) is 5.32 Å². The van der Waals surface area contributed by atoms with Crippen LogP contribution in [0, 0.1) is 13.8 Å². The average Bonchev–Trinajstić information content (AvgIpc) is 3.04. The molecule has 0 unspecified atom stereocenters. The van der Waals surface area contributed by atoms with E-state index >= 15 is 0 Å². The summed E-state index contributed by atoms with van der Waals surface area (Å²) in [6.07, 6.45) is 3.41. The summed E-state index contributed by atoms with van der Waals surface area (Å²) >= 11 is 0. The van der Waals surface area contributed by atoms with Crippen molar-refractivity contribution < 1.29 is 4.79 Å². The van der Waals surface area contributed by atoms with Crippen LogP contribution in [0.2, 0.25) is 0 Å². The van der Waals surface area contributed by atoms with Crippen molar-refractivity contribution in [1.29, 1.82) is 0 Å². The summed E-state index contributed by atoms with van der Waals surface area (Å²) in [6, 6.07) is 15.7. The summed E-state index contributed by atoms with van der Waals surface area (Å²) in [5, 5.41) is 11.7. The Balaban J connectivity index is 1.77. The number of hydrogen-bond acceptors (Lipinski definition) is 3. The first-order chi connectivity index (χ1) is 12.6. The van der Waals surface area contributed by atoms with Gasteiger partial charge in [-0.2, -0.15) is 9.90 Å². The van der Waals surface area contributed by atoms with E-state index in [0.29, 0.717) is 11.4 Å². The van der Waals surface area contributed by atoms with Gasteiger partial charge in [0.25, 0.3) is 5.91 Å². The van der Waals surface area contributed by atoms with E-state index in [1.807, 2.05) is 43.3 Å². The maximum absolute atomic E-state index is 12.7. The molecule has 3 rings (SSSR count). The minimum atomic E-state index is -0.242. The lowest BCUT2D eigenvalue weighted by molar-refractivity contribution is 0.102. The van der Waals surface area contributed by atoms with Gasteiger partial charge in [0.15, 0.2) is 5.69 Å². The van der Waals surface area contributed by atoms with Crippen LogP contribution < -0.4 is 5.32 Å². The van der Waals surface area contributed by atoms with Gasteiger partial charge in [-0.05, 0) is 56.0 Å². The van der Waals surface area contributed by atoms with Gasteiger partial charge in [-0.25, -0.2) is 0 Å². The van der Waals surface area contributed by atoms with Gasteiger partial charge < -0.3 is 5.32 Å². The number of hydrogen-bond donors (Lipinski definition) is 1. The van der Waals surface area contributed by atoms with E-state index < -0.39 is 0 Å². The van der Waals surface area contributed by atoms with Crippen LogP contribution in [0.1, 0.15) is 47.1 Å². The number of anilines is 1. The Morgan fingerprint density at radius 2 is 1.85 bits per heavy atom. The molecular formula is C21H24N4O. The molecule has 0 bridgehead atoms. The van der Waals surface area contributed by atoms with Crippen LogP contribution in [0.4, 0.5) is 5.69 Å². The fraction of sp³-hybridized carbons (Fsp3) is 0.286. The zero-order valence-corrected chi connectivity index (χ0v) is 15.5. The second-order valence-electron chi connectivity index (χ2n) is 6.47. The summed E-state index contributed by atoms with van der Waals surface area (Å²) in [6.45, 7) is 5.99. The van der Waals surface area contributed by atoms with Crippen LogP contribution in [-0.4, -0.2) is 20.9 Å². The molecule has 5 heteroatoms. The number of aromatic nitrogens is 3. The zero-order valence-electron chi connectivity index (χ0n) is 15.5. The maximum atomic E-state index is 12.7. The Labute approximate surface area is 154 Å². The summed E-state index contributed by atoms with van der Waals surface area (Å²) in [5.41, 5.74) is 4.93. The number of para-hydroxylation sites is 1. The Hall–Kier alpha value is -2.95. The van der Waals surface area contributed by atoms with Gasteiger partial charge in [-0.3, -0.25) is 4.79 Å². The lowest BCUT2D eigenvalue weighted by atomic mass is 10.0. The van der Waals surface area contributed by atoms with E-state index in [-0.39, 0.29) is 5.91 Å². The number of nitrogens with zero attached hydrogens (tertiary/aromatic N) is 3. The fourth-order valence-electron chi connectivity index (χ4n) is 2.85. The normalized spacial score (nSPS) is 10.7. The van der Waals surface area contributed by atoms with Gasteiger partial charge in [0.05, 0.1) is 11.4 Å². The molecular weight excluding hydrogens is 324 g/mol. The molecule has 0 fully saturated rings. The van der Waals surface area contributed by atoms with Crippen LogP contribution in [0.25, 0.3) is 5.69 Å². The number of amides is 1. The summed E-state index contributed by atoms with van der Waals surface area (Å²) in [7, 11) is 0. The molecule has 0 aliphatic carbocycles. The van der Waals surface area contributed by atoms with Crippen LogP contribution in [-0.2, 0) is 6.42 Å². The molecule has 0 radical (unpaired) electrons. The first-order valence-corrected chi connectivity index (χ1v) is 8.98. The molecule has 3 aromatic rings. The fourth-order valence-corrected chi connectivity index (χ4v) is 2.85. The van der Waals surface area contributed by atoms with E-state index in [1.165, 1.54) is 23.2 Å². The Kier molecular flexibility index (Phi) is 5.46. The summed E-state index contributed by atoms with van der Waals surface area (Å²) in [4.78, 5) is 14.2. The van der Waals surface area contributed by atoms with Gasteiger partial charge in [0.2, 0.25) is 0 Å². The predicted octanol–water partition coefficient (Wildman–Crippen LogP) is 4.48. The Morgan fingerprint density at radius 3 is 2.54 bits per heavy atom. The van der Waals surface area contributed by atoms with Gasteiger partial charge in [-0.15, -0.1) is 5.10 Å². The van der Waals surface area contributed by atoms with Crippen molar-refractivity contribution in [2.45, 2.75) is 40.0 Å². The molecule has 1 heterocycles. The second kappa shape index (κ2) is 7.95. The summed E-state index contributed by atoms with van der Waals surface area (Å²) in [5.74, 6) is -0.242. The van der Waals surface area contributed by atoms with E-state index in [0.717, 1.165) is 23.4 Å². The lowest BCUT2D eigenvalue weighted by Crippen LogP contribution is -2.15. The predicted molar refractivity (Wildman–Crippen MR) is 104 cm³/mol. The molecule has 134 valence electrons. The first-order valence-electron chi connectivity index (χ1n) is 8.98. The van der Waals surface area contributed by atoms with Crippen molar-refractivity contribution in [2.24, 2.45) is 0 Å². The van der Waals surface area contributed by atoms with E-state index in [9.17, 15) is 4.79 Å². The molecule has 0 atom stereocenters. The lowest BCUT2D eigenvalue weighted by Gasteiger charge is -2.09. The van der Waals surface area contributed by atoms with Gasteiger partial charge in [0.1, 0.15) is 0 Å². The first kappa shape index (κ1) is 17.9. The van der Waals surface area contributed by atoms with Crippen molar-refractivity contribution in [3.05, 3.63) is 71.0 Å². The second-order valence-corrected chi connectivity index (χ2v) is 6.47. The molecule has 0 spiro atoms. The number of benzene rings is 2. The number of nitrogens with one attached hydrogen (secondary N) is 1. The third-order valence-electron chi connectivity index (χ3n) is 4.34. The molecule has 0 aliphatic heterocycles. The molecule has 5 nitrogen and oxygen atoms in total. The maximum Gasteiger partial charge on any atom is 0.278 e. The van der Waals surface area contributed by atoms with Crippen LogP contribution in [0.5, 0.6) is 0 Å². The van der Waals surface area contributed by atoms with E-state index in [2.05, 4.69) is 34.6 Å². The van der Waals surface area contributed by atoms with Crippen molar-refractivity contribution in [1.82, 2.24) is 15.0 Å². The summed E-state index contributed by atoms with van der Waals surface area (Å²) < 4.78 is 0. The van der Waals surface area contributed by atoms with Gasteiger partial charge in [0, 0.05) is 5.69 Å². The number of carbonyl (C=O) groups is 1. The highest BCUT2D eigenvalue weighted by atomic mass is 16.2. The zero-order chi connectivity index (χ0) is 18.5. The molecule has 1 N–H and O–H groups in total. The molecule has 0 saturated heterocycles. The molecule has 1 aromatic heterocycles. The van der Waals surface area contributed by atoms with Crippen molar-refractivity contribution >= 4 is 11.6 Å². The SMILES string of the molecule is CCCCc1ccc(NC(=O)c2nn(-c3ccccc3)nc2C)c(C)c1. The number of carbonyl (C=O) groups excluding carboxylic acids is 1. The third-order valence-corrected chi connectivity index (χ3v) is 4.34. The highest BCUT2D eigenvalue weighted by Crippen LogP contribution is 2.19. The van der Waals surface area contributed by atoms with E-state index in [1.54, 1.807) is 6.92 Å². The van der Waals surface area contributed by atoms with Crippen molar-refractivity contribution in [3.63, 3.8) is 0 Å². The van der Waals surface area contributed by atoms with Gasteiger partial charge in [-0.1, -0.05) is 43.7 Å². The Morgan fingerprint density at radius 1 is 1.08 bits per heavy atom. The highest BCUT2D eigenvalue weighted by Gasteiger charge is 2.17. The third kappa shape index (κ3) is 3.99. The molecule has 0 saturated carbocycles. The standard InChI is InChI=1S/C21H24N4O/c1-4-5-9-17-12-13-19(15(2)14-17)22-21(26)20-16(3)23-25(24-20)18-10-7-6-8-11-18/h6-8,10-14H,4-5,9H2,1-3H3,(H,22,26). The highest BCUT2D eigenvalue weighted by molar-refractivity contribution is 6.03. The Bertz CT molecular complexity index is 900. The number of rotatable bonds is 6. The van der Waals surface area contributed by atoms with Crippen LogP contribution >= 0.6 is 0 Å². The van der Waals surface area contributed by atoms with Crippen LogP contribution in [0.15, 0.2) is 48.5 Å². The number of aryl methyl sites for hydroxylation is 3. The smallest absolute Gasteiger partial charge is 0.278 e. The van der Waals surface area contributed by atoms with Crippen molar-refractivity contribution in [3.8, 4) is 5.69 Å². The molecule has 2 aromatic carbocycles. The van der Waals surface area contributed by atoms with E-state index in [4.69, 9.17) is 0 Å². The van der Waals surface area contributed by atoms with Gasteiger partial charge >= 0.3 is 0 Å². The number of unbranched alkanes of at least 4 members (excludes halogenated alkanes) is 1. The topological polar surface area (TPSA) is 59.8 Å². The minimum Gasteiger partial charge on any atom is -0.320 e. The van der Waals surface area contributed by atoms with Crippen LogP contribution in [0.3, 0.4) is 0 Å². The minimum absolute atomic E-state index is 0.242. The largest absolute Gasteiger partial charge is 0.320 e. The molecule has 26 heavy (non-hydrogen) atoms. The monoisotopic (exact) mass is 348 g/mol.